The average Bonchev–Trinajstić information content (AvgIpc) is 3.42. The molecule has 4 aliphatic rings. The highest BCUT2D eigenvalue weighted by molar-refractivity contribution is 6.36. The quantitative estimate of drug-likeness (QED) is 0.434. The molecule has 9 heteroatoms. The zero-order chi connectivity index (χ0) is 27.9. The Balaban J connectivity index is 0.000000429. The van der Waals surface area contributed by atoms with Gasteiger partial charge in [-0.1, -0.05) is 42.4 Å². The fourth-order valence-electron chi connectivity index (χ4n) is 6.50. The normalized spacial score (nSPS) is 19.4. The maximum absolute atomic E-state index is 12.2. The number of carbonyl (C=O) groups excluding carboxylic acids is 1. The van der Waals surface area contributed by atoms with Gasteiger partial charge in [-0.15, -0.1) is 0 Å². The number of nitrogens with zero attached hydrogens (tertiary/aromatic N) is 6. The first kappa shape index (κ1) is 26.8. The summed E-state index contributed by atoms with van der Waals surface area (Å²) >= 11 is 6.60. The lowest BCUT2D eigenvalue weighted by molar-refractivity contribution is -0.144. The monoisotopic (exact) mass is 560 g/mol. The van der Waals surface area contributed by atoms with E-state index in [4.69, 9.17) is 26.3 Å². The summed E-state index contributed by atoms with van der Waals surface area (Å²) < 4.78 is 5.47. The van der Waals surface area contributed by atoms with Gasteiger partial charge in [-0.2, -0.15) is 9.97 Å². The minimum Gasteiger partial charge on any atom is -0.467 e. The van der Waals surface area contributed by atoms with Crippen molar-refractivity contribution in [2.45, 2.75) is 37.8 Å². The number of amides is 1. The smallest absolute Gasteiger partial charge is 0.318 e. The van der Waals surface area contributed by atoms with Gasteiger partial charge >= 0.3 is 6.01 Å². The SMILES string of the molecule is C=CC(=O)N1CCC12CN(c1nc(OC)nc3c1CCN(c1cccc4cccc(Cl)c14)C3)C2.CN1CCCC1. The minimum atomic E-state index is -0.0866. The van der Waals surface area contributed by atoms with E-state index in [9.17, 15) is 4.79 Å². The van der Waals surface area contributed by atoms with Crippen LogP contribution in [0.4, 0.5) is 11.5 Å². The summed E-state index contributed by atoms with van der Waals surface area (Å²) in [5.74, 6) is 0.943. The second-order valence-electron chi connectivity index (χ2n) is 11.3. The van der Waals surface area contributed by atoms with Gasteiger partial charge in [0.2, 0.25) is 5.91 Å². The summed E-state index contributed by atoms with van der Waals surface area (Å²) in [5, 5.41) is 2.95. The van der Waals surface area contributed by atoms with Gasteiger partial charge in [0.05, 0.1) is 29.9 Å². The highest BCUT2D eigenvalue weighted by Gasteiger charge is 2.55. The second kappa shape index (κ2) is 10.9. The summed E-state index contributed by atoms with van der Waals surface area (Å²) in [7, 11) is 3.78. The third kappa shape index (κ3) is 4.77. The second-order valence-corrected chi connectivity index (χ2v) is 11.7. The number of halogens is 1. The molecule has 1 amide bonds. The summed E-state index contributed by atoms with van der Waals surface area (Å²) in [6, 6.07) is 12.7. The van der Waals surface area contributed by atoms with Gasteiger partial charge in [-0.05, 0) is 69.4 Å². The molecule has 40 heavy (non-hydrogen) atoms. The van der Waals surface area contributed by atoms with Crippen LogP contribution in [0.3, 0.4) is 0 Å². The largest absolute Gasteiger partial charge is 0.467 e. The van der Waals surface area contributed by atoms with Crippen LogP contribution in [-0.2, 0) is 17.8 Å². The van der Waals surface area contributed by atoms with Gasteiger partial charge < -0.3 is 24.3 Å². The Kier molecular flexibility index (Phi) is 7.31. The molecule has 0 unspecified atom stereocenters. The number of anilines is 2. The number of fused-ring (bicyclic) bond motifs is 2. The zero-order valence-electron chi connectivity index (χ0n) is 23.4. The number of likely N-dealkylation sites (tertiary alicyclic amines) is 2. The van der Waals surface area contributed by atoms with Crippen molar-refractivity contribution in [1.29, 1.82) is 0 Å². The van der Waals surface area contributed by atoms with E-state index in [0.717, 1.165) is 72.0 Å². The molecule has 5 heterocycles. The topological polar surface area (TPSA) is 65.0 Å². The lowest BCUT2D eigenvalue weighted by atomic mass is 9.77. The molecule has 210 valence electrons. The van der Waals surface area contributed by atoms with E-state index in [-0.39, 0.29) is 11.4 Å². The minimum absolute atomic E-state index is 0.0117. The predicted octanol–water partition coefficient (Wildman–Crippen LogP) is 4.54. The first-order valence-corrected chi connectivity index (χ1v) is 14.5. The highest BCUT2D eigenvalue weighted by Crippen LogP contribution is 2.43. The zero-order valence-corrected chi connectivity index (χ0v) is 24.2. The molecule has 7 rings (SSSR count). The summed E-state index contributed by atoms with van der Waals surface area (Å²) in [4.78, 5) is 30.5. The average molecular weight is 561 g/mol. The summed E-state index contributed by atoms with van der Waals surface area (Å²) in [5.41, 5.74) is 3.17. The molecule has 1 spiro atoms. The number of carbonyl (C=O) groups is 1. The molecule has 3 fully saturated rings. The lowest BCUT2D eigenvalue weighted by Gasteiger charge is -2.62. The molecule has 0 aliphatic carbocycles. The number of rotatable bonds is 4. The van der Waals surface area contributed by atoms with Crippen molar-refractivity contribution < 1.29 is 9.53 Å². The number of ether oxygens (including phenoxy) is 1. The summed E-state index contributed by atoms with van der Waals surface area (Å²) in [6.45, 7) is 10.1. The Bertz CT molecular complexity index is 1430. The van der Waals surface area contributed by atoms with Gasteiger partial charge in [0, 0.05) is 42.8 Å². The Morgan fingerprint density at radius 2 is 1.80 bits per heavy atom. The van der Waals surface area contributed by atoms with Crippen molar-refractivity contribution in [3.05, 3.63) is 65.3 Å². The highest BCUT2D eigenvalue weighted by atomic mass is 35.5. The van der Waals surface area contributed by atoms with Crippen molar-refractivity contribution in [3.63, 3.8) is 0 Å². The molecule has 0 bridgehead atoms. The van der Waals surface area contributed by atoms with Crippen LogP contribution in [0.2, 0.25) is 5.02 Å². The van der Waals surface area contributed by atoms with E-state index in [1.54, 1.807) is 7.11 Å². The van der Waals surface area contributed by atoms with Crippen molar-refractivity contribution in [2.24, 2.45) is 0 Å². The summed E-state index contributed by atoms with van der Waals surface area (Å²) in [6.07, 6.45) is 6.08. The standard InChI is InChI=1S/C26H26ClN5O2.C5H11N/c1-3-22(33)32-13-11-26(32)15-31(16-26)24-18-10-12-30(14-20(18)28-25(29-24)34-2)21-9-5-7-17-6-4-8-19(27)23(17)21;1-6-4-2-3-5-6/h3-9H,1,10-16H2,2H3;2-5H2,1H3. The van der Waals surface area contributed by atoms with Gasteiger partial charge in [0.15, 0.2) is 0 Å². The molecule has 0 N–H and O–H groups in total. The molecular formula is C31H37ClN6O2. The first-order chi connectivity index (χ1) is 19.4. The first-order valence-electron chi connectivity index (χ1n) is 14.2. The maximum Gasteiger partial charge on any atom is 0.318 e. The fourth-order valence-corrected chi connectivity index (χ4v) is 6.78. The van der Waals surface area contributed by atoms with Crippen LogP contribution in [0, 0.1) is 0 Å². The van der Waals surface area contributed by atoms with Crippen molar-refractivity contribution in [3.8, 4) is 6.01 Å². The fraction of sp³-hybridized carbons (Fsp3) is 0.452. The molecule has 1 aromatic heterocycles. The van der Waals surface area contributed by atoms with Crippen LogP contribution in [0.5, 0.6) is 6.01 Å². The van der Waals surface area contributed by atoms with E-state index in [1.165, 1.54) is 37.6 Å². The van der Waals surface area contributed by atoms with Gasteiger partial charge in [-0.3, -0.25) is 4.79 Å². The van der Waals surface area contributed by atoms with Crippen molar-refractivity contribution >= 4 is 39.8 Å². The Hall–Kier alpha value is -3.36. The van der Waals surface area contributed by atoms with Crippen LogP contribution < -0.4 is 14.5 Å². The number of hydrogen-bond donors (Lipinski definition) is 0. The van der Waals surface area contributed by atoms with E-state index in [0.29, 0.717) is 12.6 Å². The van der Waals surface area contributed by atoms with Crippen LogP contribution in [0.1, 0.15) is 30.5 Å². The molecular weight excluding hydrogens is 524 g/mol. The van der Waals surface area contributed by atoms with Crippen LogP contribution in [0.15, 0.2) is 49.1 Å². The molecule has 0 radical (unpaired) electrons. The van der Waals surface area contributed by atoms with Gasteiger partial charge in [-0.25, -0.2) is 0 Å². The van der Waals surface area contributed by atoms with Gasteiger partial charge in [0.25, 0.3) is 0 Å². The number of aromatic nitrogens is 2. The van der Waals surface area contributed by atoms with Crippen LogP contribution in [-0.4, -0.2) is 84.6 Å². The molecule has 2 aromatic carbocycles. The number of hydrogen-bond acceptors (Lipinski definition) is 7. The van der Waals surface area contributed by atoms with Crippen molar-refractivity contribution in [1.82, 2.24) is 19.8 Å². The number of methoxy groups -OCH3 is 1. The van der Waals surface area contributed by atoms with E-state index in [1.807, 2.05) is 17.0 Å². The van der Waals surface area contributed by atoms with E-state index < -0.39 is 0 Å². The Morgan fingerprint density at radius 3 is 2.42 bits per heavy atom. The van der Waals surface area contributed by atoms with E-state index >= 15 is 0 Å². The molecule has 0 saturated carbocycles. The van der Waals surface area contributed by atoms with Crippen LogP contribution >= 0.6 is 11.6 Å². The predicted molar refractivity (Wildman–Crippen MR) is 160 cm³/mol. The molecule has 4 aliphatic heterocycles. The van der Waals surface area contributed by atoms with Crippen LogP contribution in [0.25, 0.3) is 10.8 Å². The molecule has 3 aromatic rings. The molecule has 8 nitrogen and oxygen atoms in total. The van der Waals surface area contributed by atoms with Gasteiger partial charge in [0.1, 0.15) is 5.82 Å². The Labute approximate surface area is 241 Å². The maximum atomic E-state index is 12.2. The Morgan fingerprint density at radius 1 is 1.05 bits per heavy atom. The number of benzene rings is 2. The van der Waals surface area contributed by atoms with Crippen molar-refractivity contribution in [2.75, 3.05) is 63.2 Å². The lowest BCUT2D eigenvalue weighted by Crippen LogP contribution is -2.78. The third-order valence-corrected chi connectivity index (χ3v) is 9.11. The van der Waals surface area contributed by atoms with E-state index in [2.05, 4.69) is 52.6 Å². The molecule has 0 atom stereocenters. The third-order valence-electron chi connectivity index (χ3n) is 8.79. The molecule has 3 saturated heterocycles.